The minimum absolute atomic E-state index is 0.171. The molecular weight excluding hydrogens is 461 g/mol. The van der Waals surface area contributed by atoms with Gasteiger partial charge < -0.3 is 4.90 Å². The van der Waals surface area contributed by atoms with Crippen molar-refractivity contribution >= 4 is 15.7 Å². The van der Waals surface area contributed by atoms with Crippen LogP contribution in [0.1, 0.15) is 42.0 Å². The number of nitrogens with zero attached hydrogens (tertiary/aromatic N) is 6. The van der Waals surface area contributed by atoms with Crippen LogP contribution in [0.15, 0.2) is 53.9 Å². The Morgan fingerprint density at radius 1 is 1.18 bits per heavy atom. The molecule has 0 bridgehead atoms. The van der Waals surface area contributed by atoms with Gasteiger partial charge in [0.25, 0.3) is 21.7 Å². The van der Waals surface area contributed by atoms with Crippen molar-refractivity contribution < 1.29 is 26.4 Å². The van der Waals surface area contributed by atoms with E-state index in [1.54, 1.807) is 13.0 Å². The molecule has 0 N–H and O–H groups in total. The third-order valence-corrected chi connectivity index (χ3v) is 6.75. The van der Waals surface area contributed by atoms with Gasteiger partial charge in [-0.05, 0) is 49.9 Å². The number of sulfone groups is 1. The van der Waals surface area contributed by atoms with E-state index in [4.69, 9.17) is 0 Å². The van der Waals surface area contributed by atoms with Crippen LogP contribution < -0.4 is 0 Å². The van der Waals surface area contributed by atoms with E-state index >= 15 is 0 Å². The maximum atomic E-state index is 13.4. The molecular formula is C20H19F3N6O3S. The summed E-state index contributed by atoms with van der Waals surface area (Å²) in [7, 11) is -5.59. The van der Waals surface area contributed by atoms with Crippen molar-refractivity contribution in [2.75, 3.05) is 6.54 Å². The van der Waals surface area contributed by atoms with E-state index in [0.29, 0.717) is 12.4 Å². The van der Waals surface area contributed by atoms with E-state index in [1.165, 1.54) is 34.4 Å². The molecule has 1 aliphatic rings. The maximum absolute atomic E-state index is 13.4. The smallest absolute Gasteiger partial charge is 0.328 e. The summed E-state index contributed by atoms with van der Waals surface area (Å²) < 4.78 is 64.0. The summed E-state index contributed by atoms with van der Waals surface area (Å²) in [5.74, 6) is 0.225. The SMILES string of the molecule is C[C@H](c1ncnn1-c1ncccn1)N(CC1CC1)C(=O)c1cccc(S(=O)(=O)C(F)(F)F)c1. The fourth-order valence-corrected chi connectivity index (χ4v) is 4.13. The molecule has 0 radical (unpaired) electrons. The van der Waals surface area contributed by atoms with Gasteiger partial charge in [0.2, 0.25) is 0 Å². The lowest BCUT2D eigenvalue weighted by Crippen LogP contribution is -2.37. The van der Waals surface area contributed by atoms with Crippen LogP contribution in [0.5, 0.6) is 0 Å². The molecule has 13 heteroatoms. The van der Waals surface area contributed by atoms with Crippen molar-refractivity contribution in [3.05, 3.63) is 60.4 Å². The van der Waals surface area contributed by atoms with Crippen LogP contribution in [0.2, 0.25) is 0 Å². The fourth-order valence-electron chi connectivity index (χ4n) is 3.32. The van der Waals surface area contributed by atoms with E-state index in [0.717, 1.165) is 31.0 Å². The largest absolute Gasteiger partial charge is 0.501 e. The summed E-state index contributed by atoms with van der Waals surface area (Å²) in [6.45, 7) is 2.04. The Labute approximate surface area is 187 Å². The monoisotopic (exact) mass is 480 g/mol. The molecule has 4 rings (SSSR count). The van der Waals surface area contributed by atoms with E-state index in [-0.39, 0.29) is 17.4 Å². The van der Waals surface area contributed by atoms with Gasteiger partial charge in [-0.3, -0.25) is 4.79 Å². The quantitative estimate of drug-likeness (QED) is 0.511. The molecule has 1 fully saturated rings. The number of carbonyl (C=O) groups excluding carboxylic acids is 1. The summed E-state index contributed by atoms with van der Waals surface area (Å²) in [5.41, 5.74) is -5.64. The van der Waals surface area contributed by atoms with Gasteiger partial charge in [-0.25, -0.2) is 23.4 Å². The number of carbonyl (C=O) groups is 1. The number of halogens is 3. The van der Waals surface area contributed by atoms with Crippen molar-refractivity contribution in [3.8, 4) is 5.95 Å². The number of amides is 1. The topological polar surface area (TPSA) is 111 Å². The zero-order valence-electron chi connectivity index (χ0n) is 17.3. The average molecular weight is 480 g/mol. The van der Waals surface area contributed by atoms with Crippen LogP contribution >= 0.6 is 0 Å². The van der Waals surface area contributed by atoms with Gasteiger partial charge in [0, 0.05) is 24.5 Å². The van der Waals surface area contributed by atoms with Crippen LogP contribution in [-0.2, 0) is 9.84 Å². The Kier molecular flexibility index (Phi) is 5.91. The molecule has 3 aromatic rings. The maximum Gasteiger partial charge on any atom is 0.501 e. The number of alkyl halides is 3. The third-order valence-electron chi connectivity index (χ3n) is 5.27. The molecule has 0 spiro atoms. The highest BCUT2D eigenvalue weighted by Crippen LogP contribution is 2.34. The first kappa shape index (κ1) is 22.8. The minimum atomic E-state index is -5.59. The molecule has 9 nitrogen and oxygen atoms in total. The zero-order chi connectivity index (χ0) is 23.8. The van der Waals surface area contributed by atoms with Gasteiger partial charge in [0.1, 0.15) is 6.33 Å². The molecule has 0 unspecified atom stereocenters. The van der Waals surface area contributed by atoms with Crippen molar-refractivity contribution in [1.29, 1.82) is 0 Å². The van der Waals surface area contributed by atoms with E-state index in [9.17, 15) is 26.4 Å². The second-order valence-electron chi connectivity index (χ2n) is 7.63. The molecule has 2 aromatic heterocycles. The molecule has 0 aliphatic heterocycles. The third kappa shape index (κ3) is 4.58. The van der Waals surface area contributed by atoms with E-state index in [1.807, 2.05) is 0 Å². The second-order valence-corrected chi connectivity index (χ2v) is 9.57. The predicted molar refractivity (Wildman–Crippen MR) is 109 cm³/mol. The van der Waals surface area contributed by atoms with E-state index in [2.05, 4.69) is 20.1 Å². The first-order valence-corrected chi connectivity index (χ1v) is 11.5. The van der Waals surface area contributed by atoms with Crippen molar-refractivity contribution in [1.82, 2.24) is 29.6 Å². The number of hydrogen-bond acceptors (Lipinski definition) is 7. The van der Waals surface area contributed by atoms with Crippen molar-refractivity contribution in [3.63, 3.8) is 0 Å². The number of rotatable bonds is 7. The van der Waals surface area contributed by atoms with Crippen LogP contribution in [-0.4, -0.2) is 56.0 Å². The van der Waals surface area contributed by atoms with Gasteiger partial charge in [0.05, 0.1) is 10.9 Å². The number of benzene rings is 1. The summed E-state index contributed by atoms with van der Waals surface area (Å²) in [6, 6.07) is 4.96. The van der Waals surface area contributed by atoms with Crippen molar-refractivity contribution in [2.45, 2.75) is 36.2 Å². The lowest BCUT2D eigenvalue weighted by molar-refractivity contribution is -0.0436. The van der Waals surface area contributed by atoms with Gasteiger partial charge in [-0.2, -0.15) is 23.0 Å². The summed E-state index contributed by atoms with van der Waals surface area (Å²) in [6.07, 6.45) is 6.16. The molecule has 1 atom stereocenters. The molecule has 1 amide bonds. The molecule has 2 heterocycles. The zero-order valence-corrected chi connectivity index (χ0v) is 18.2. The van der Waals surface area contributed by atoms with Crippen LogP contribution in [0.25, 0.3) is 5.95 Å². The Balaban J connectivity index is 1.69. The first-order valence-electron chi connectivity index (χ1n) is 9.99. The molecule has 1 saturated carbocycles. The van der Waals surface area contributed by atoms with E-state index < -0.39 is 32.2 Å². The summed E-state index contributed by atoms with van der Waals surface area (Å²) >= 11 is 0. The van der Waals surface area contributed by atoms with Crippen molar-refractivity contribution in [2.24, 2.45) is 5.92 Å². The van der Waals surface area contributed by atoms with Crippen LogP contribution in [0.4, 0.5) is 13.2 Å². The number of aromatic nitrogens is 5. The van der Waals surface area contributed by atoms with Crippen LogP contribution in [0.3, 0.4) is 0 Å². The van der Waals surface area contributed by atoms with Gasteiger partial charge in [0.15, 0.2) is 5.82 Å². The molecule has 1 aliphatic carbocycles. The first-order chi connectivity index (χ1) is 15.6. The average Bonchev–Trinajstić information content (AvgIpc) is 3.48. The molecule has 0 saturated heterocycles. The Bertz CT molecular complexity index is 1260. The number of hydrogen-bond donors (Lipinski definition) is 0. The summed E-state index contributed by atoms with van der Waals surface area (Å²) in [4.78, 5) is 26.4. The lowest BCUT2D eigenvalue weighted by atomic mass is 10.1. The molecule has 1 aromatic carbocycles. The minimum Gasteiger partial charge on any atom is -0.328 e. The second kappa shape index (κ2) is 8.54. The molecule has 174 valence electrons. The highest BCUT2D eigenvalue weighted by atomic mass is 32.2. The molecule has 33 heavy (non-hydrogen) atoms. The summed E-state index contributed by atoms with van der Waals surface area (Å²) in [5, 5.41) is 4.13. The van der Waals surface area contributed by atoms with Gasteiger partial charge >= 0.3 is 5.51 Å². The Hall–Kier alpha value is -3.35. The van der Waals surface area contributed by atoms with Gasteiger partial charge in [-0.15, -0.1) is 0 Å². The lowest BCUT2D eigenvalue weighted by Gasteiger charge is -2.29. The normalized spacial score (nSPS) is 15.3. The highest BCUT2D eigenvalue weighted by molar-refractivity contribution is 7.92. The Morgan fingerprint density at radius 3 is 2.52 bits per heavy atom. The Morgan fingerprint density at radius 2 is 1.88 bits per heavy atom. The predicted octanol–water partition coefficient (Wildman–Crippen LogP) is 2.96. The van der Waals surface area contributed by atoms with Crippen LogP contribution in [0, 0.1) is 5.92 Å². The standard InChI is InChI=1S/C20H19F3N6O3S/c1-13(17-26-12-27-29(17)19-24-8-3-9-25-19)28(11-14-6-7-14)18(30)15-4-2-5-16(10-15)33(31,32)20(21,22)23/h2-5,8-10,12-14H,6-7,11H2,1H3/t13-/m1/s1. The fraction of sp³-hybridized carbons (Fsp3) is 0.350. The highest BCUT2D eigenvalue weighted by Gasteiger charge is 2.47. The van der Waals surface area contributed by atoms with Gasteiger partial charge in [-0.1, -0.05) is 6.07 Å².